The fraction of sp³-hybridized carbons (Fsp3) is 0.625. The molecule has 2 heterocycles. The van der Waals surface area contributed by atoms with E-state index in [1.54, 1.807) is 7.11 Å². The Hall–Kier alpha value is -1.29. The van der Waals surface area contributed by atoms with Crippen LogP contribution in [0.4, 0.5) is 0 Å². The van der Waals surface area contributed by atoms with Crippen molar-refractivity contribution in [3.63, 3.8) is 0 Å². The number of alkyl halides is 1. The summed E-state index contributed by atoms with van der Waals surface area (Å²) in [6.07, 6.45) is 0.753. The van der Waals surface area contributed by atoms with Crippen LogP contribution in [0.5, 0.6) is 5.88 Å². The van der Waals surface area contributed by atoms with Crippen molar-refractivity contribution in [2.75, 3.05) is 13.0 Å². The number of pyridine rings is 1. The Kier molecular flexibility index (Phi) is 3.21. The third kappa shape index (κ3) is 1.95. The molecule has 0 bridgehead atoms. The summed E-state index contributed by atoms with van der Waals surface area (Å²) in [6.45, 7) is 9.20. The van der Waals surface area contributed by atoms with E-state index in [0.717, 1.165) is 23.4 Å². The van der Waals surface area contributed by atoms with E-state index in [-0.39, 0.29) is 10.8 Å². The molecule has 0 unspecified atom stereocenters. The number of hydrogen-bond acceptors (Lipinski definition) is 3. The molecule has 2 aromatic rings. The molecule has 3 rings (SSSR count). The fourth-order valence-corrected chi connectivity index (χ4v) is 3.63. The van der Waals surface area contributed by atoms with Gasteiger partial charge in [-0.1, -0.05) is 27.7 Å². The summed E-state index contributed by atoms with van der Waals surface area (Å²) >= 11 is 5.96. The number of methoxy groups -OCH3 is 1. The first-order valence-electron chi connectivity index (χ1n) is 7.32. The molecule has 2 aromatic heterocycles. The zero-order chi connectivity index (χ0) is 15.4. The average molecular weight is 308 g/mol. The normalized spacial score (nSPS) is 19.9. The predicted molar refractivity (Wildman–Crippen MR) is 85.1 cm³/mol. The number of nitrogens with zero attached hydrogens (tertiary/aromatic N) is 3. The third-order valence-electron chi connectivity index (χ3n) is 5.31. The highest BCUT2D eigenvalue weighted by Gasteiger charge is 2.66. The molecule has 1 aliphatic carbocycles. The van der Waals surface area contributed by atoms with Gasteiger partial charge in [0.05, 0.1) is 7.11 Å². The third-order valence-corrected chi connectivity index (χ3v) is 5.50. The van der Waals surface area contributed by atoms with Gasteiger partial charge < -0.3 is 9.30 Å². The van der Waals surface area contributed by atoms with Crippen LogP contribution in [0.1, 0.15) is 39.6 Å². The van der Waals surface area contributed by atoms with Crippen molar-refractivity contribution in [1.29, 1.82) is 0 Å². The lowest BCUT2D eigenvalue weighted by Gasteiger charge is -2.10. The second-order valence-electron chi connectivity index (χ2n) is 6.88. The van der Waals surface area contributed by atoms with Gasteiger partial charge in [0.25, 0.3) is 0 Å². The number of halogens is 1. The summed E-state index contributed by atoms with van der Waals surface area (Å²) in [6, 6.07) is 4.21. The molecule has 114 valence electrons. The van der Waals surface area contributed by atoms with E-state index in [1.165, 1.54) is 0 Å². The van der Waals surface area contributed by atoms with E-state index in [1.807, 2.05) is 12.1 Å². The molecule has 0 radical (unpaired) electrons. The van der Waals surface area contributed by atoms with Gasteiger partial charge in [-0.05, 0) is 16.9 Å². The second-order valence-corrected chi connectivity index (χ2v) is 7.26. The summed E-state index contributed by atoms with van der Waals surface area (Å²) in [7, 11) is 1.64. The van der Waals surface area contributed by atoms with Gasteiger partial charge >= 0.3 is 0 Å². The van der Waals surface area contributed by atoms with Crippen molar-refractivity contribution in [1.82, 2.24) is 14.5 Å². The SMILES string of the molecule is COc1ccc2nc(CCCl)n(C3C(C)(C)C3(C)C)c2n1. The van der Waals surface area contributed by atoms with E-state index in [0.29, 0.717) is 17.8 Å². The van der Waals surface area contributed by atoms with Crippen molar-refractivity contribution in [2.45, 2.75) is 40.2 Å². The maximum atomic E-state index is 5.96. The lowest BCUT2D eigenvalue weighted by molar-refractivity contribution is 0.398. The quantitative estimate of drug-likeness (QED) is 0.806. The number of ether oxygens (including phenoxy) is 1. The topological polar surface area (TPSA) is 39.9 Å². The molecule has 5 heteroatoms. The van der Waals surface area contributed by atoms with E-state index < -0.39 is 0 Å². The highest BCUT2D eigenvalue weighted by molar-refractivity contribution is 6.17. The van der Waals surface area contributed by atoms with Crippen LogP contribution in [-0.2, 0) is 6.42 Å². The van der Waals surface area contributed by atoms with Gasteiger partial charge in [-0.2, -0.15) is 4.98 Å². The molecule has 0 aromatic carbocycles. The van der Waals surface area contributed by atoms with Gasteiger partial charge in [-0.15, -0.1) is 11.6 Å². The summed E-state index contributed by atoms with van der Waals surface area (Å²) in [5.74, 6) is 2.20. The first-order chi connectivity index (χ1) is 9.84. The Morgan fingerprint density at radius 2 is 1.86 bits per heavy atom. The molecule has 1 aliphatic rings. The minimum Gasteiger partial charge on any atom is -0.481 e. The molecule has 1 saturated carbocycles. The van der Waals surface area contributed by atoms with Crippen LogP contribution in [-0.4, -0.2) is 27.5 Å². The molecular weight excluding hydrogens is 286 g/mol. The molecular formula is C16H22ClN3O. The molecule has 21 heavy (non-hydrogen) atoms. The molecule has 1 fully saturated rings. The van der Waals surface area contributed by atoms with Crippen molar-refractivity contribution in [3.05, 3.63) is 18.0 Å². The maximum Gasteiger partial charge on any atom is 0.215 e. The van der Waals surface area contributed by atoms with Crippen LogP contribution in [0.3, 0.4) is 0 Å². The molecule has 0 spiro atoms. The molecule has 0 amide bonds. The average Bonchev–Trinajstić information content (AvgIpc) is 2.71. The number of fused-ring (bicyclic) bond motifs is 1. The van der Waals surface area contributed by atoms with E-state index in [4.69, 9.17) is 21.3 Å². The van der Waals surface area contributed by atoms with E-state index >= 15 is 0 Å². The van der Waals surface area contributed by atoms with Crippen molar-refractivity contribution in [2.24, 2.45) is 10.8 Å². The van der Waals surface area contributed by atoms with Gasteiger partial charge in [0.2, 0.25) is 5.88 Å². The van der Waals surface area contributed by atoms with Crippen LogP contribution in [0.15, 0.2) is 12.1 Å². The number of rotatable bonds is 4. The summed E-state index contributed by atoms with van der Waals surface area (Å²) in [4.78, 5) is 9.35. The van der Waals surface area contributed by atoms with E-state index in [2.05, 4.69) is 37.2 Å². The van der Waals surface area contributed by atoms with Crippen LogP contribution >= 0.6 is 11.6 Å². The number of aromatic nitrogens is 3. The molecule has 0 saturated heterocycles. The minimum atomic E-state index is 0.215. The summed E-state index contributed by atoms with van der Waals surface area (Å²) in [5.41, 5.74) is 2.24. The predicted octanol–water partition coefficient (Wildman–Crippen LogP) is 3.83. The Morgan fingerprint density at radius 3 is 2.38 bits per heavy atom. The highest BCUT2D eigenvalue weighted by Crippen LogP contribution is 2.72. The zero-order valence-electron chi connectivity index (χ0n) is 13.3. The van der Waals surface area contributed by atoms with Crippen LogP contribution in [0.2, 0.25) is 0 Å². The van der Waals surface area contributed by atoms with Crippen molar-refractivity contribution >= 4 is 22.8 Å². The van der Waals surface area contributed by atoms with Crippen LogP contribution < -0.4 is 4.74 Å². The Morgan fingerprint density at radius 1 is 1.19 bits per heavy atom. The highest BCUT2D eigenvalue weighted by atomic mass is 35.5. The molecule has 4 nitrogen and oxygen atoms in total. The summed E-state index contributed by atoms with van der Waals surface area (Å²) < 4.78 is 7.55. The Bertz CT molecular complexity index is 676. The number of hydrogen-bond donors (Lipinski definition) is 0. The van der Waals surface area contributed by atoms with Crippen molar-refractivity contribution in [3.8, 4) is 5.88 Å². The van der Waals surface area contributed by atoms with Crippen LogP contribution in [0, 0.1) is 10.8 Å². The van der Waals surface area contributed by atoms with Gasteiger partial charge in [-0.25, -0.2) is 4.98 Å². The van der Waals surface area contributed by atoms with Gasteiger partial charge in [0.15, 0.2) is 5.65 Å². The van der Waals surface area contributed by atoms with Crippen molar-refractivity contribution < 1.29 is 4.74 Å². The van der Waals surface area contributed by atoms with Gasteiger partial charge in [0, 0.05) is 24.4 Å². The lowest BCUT2D eigenvalue weighted by atomic mass is 10.0. The number of imidazole rings is 1. The Labute approximate surface area is 130 Å². The molecule has 0 N–H and O–H groups in total. The number of aryl methyl sites for hydroxylation is 1. The first kappa shape index (κ1) is 14.6. The molecule has 0 atom stereocenters. The fourth-order valence-electron chi connectivity index (χ4n) is 3.46. The maximum absolute atomic E-state index is 5.96. The minimum absolute atomic E-state index is 0.215. The monoisotopic (exact) mass is 307 g/mol. The van der Waals surface area contributed by atoms with Gasteiger partial charge in [0.1, 0.15) is 11.3 Å². The first-order valence-corrected chi connectivity index (χ1v) is 7.86. The smallest absolute Gasteiger partial charge is 0.215 e. The van der Waals surface area contributed by atoms with E-state index in [9.17, 15) is 0 Å². The zero-order valence-corrected chi connectivity index (χ0v) is 14.0. The summed E-state index contributed by atoms with van der Waals surface area (Å²) in [5, 5.41) is 0. The lowest BCUT2D eigenvalue weighted by Crippen LogP contribution is -2.08. The standard InChI is InChI=1S/C16H22ClN3O/c1-15(2)14(16(15,3)4)20-11(8-9-17)18-10-6-7-12(21-5)19-13(10)20/h6-7,14H,8-9H2,1-5H3. The Balaban J connectivity index is 2.21. The largest absolute Gasteiger partial charge is 0.481 e. The second kappa shape index (κ2) is 4.60. The molecule has 0 aliphatic heterocycles. The van der Waals surface area contributed by atoms with Crippen LogP contribution in [0.25, 0.3) is 11.2 Å². The van der Waals surface area contributed by atoms with Gasteiger partial charge in [-0.3, -0.25) is 0 Å².